The molecule has 0 radical (unpaired) electrons. The second-order valence-corrected chi connectivity index (χ2v) is 6.39. The average Bonchev–Trinajstić information content (AvgIpc) is 3.19. The van der Waals surface area contributed by atoms with Gasteiger partial charge in [0.05, 0.1) is 29.2 Å². The van der Waals surface area contributed by atoms with Crippen LogP contribution in [0.15, 0.2) is 18.6 Å². The van der Waals surface area contributed by atoms with E-state index in [4.69, 9.17) is 0 Å². The van der Waals surface area contributed by atoms with Gasteiger partial charge >= 0.3 is 0 Å². The number of aryl methyl sites for hydroxylation is 2. The predicted octanol–water partition coefficient (Wildman–Crippen LogP) is 2.33. The van der Waals surface area contributed by atoms with Gasteiger partial charge in [-0.15, -0.1) is 10.2 Å². The maximum Gasteiger partial charge on any atom is 0.252 e. The fourth-order valence-electron chi connectivity index (χ4n) is 2.85. The summed E-state index contributed by atoms with van der Waals surface area (Å²) in [5, 5.41) is 16.1. The smallest absolute Gasteiger partial charge is 0.252 e. The molecule has 3 heterocycles. The summed E-state index contributed by atoms with van der Waals surface area (Å²) < 4.78 is 3.67. The molecule has 0 aliphatic carbocycles. The Kier molecular flexibility index (Phi) is 4.52. The Morgan fingerprint density at radius 3 is 2.76 bits per heavy atom. The molecule has 0 aromatic carbocycles. The maximum atomic E-state index is 12.8. The number of hydrogen-bond acceptors (Lipinski definition) is 5. The normalized spacial score (nSPS) is 13.8. The Balaban J connectivity index is 1.96. The fraction of sp³-hybridized carbons (Fsp3) is 0.471. The van der Waals surface area contributed by atoms with Gasteiger partial charge in [0.15, 0.2) is 11.5 Å². The first kappa shape index (κ1) is 17.1. The van der Waals surface area contributed by atoms with Crippen molar-refractivity contribution >= 4 is 16.9 Å². The third-order valence-electron chi connectivity index (χ3n) is 4.43. The molecule has 0 aliphatic heterocycles. The number of hydrogen-bond donors (Lipinski definition) is 1. The molecule has 0 fully saturated rings. The van der Waals surface area contributed by atoms with Crippen LogP contribution in [0.4, 0.5) is 0 Å². The molecule has 0 bridgehead atoms. The Bertz CT molecular complexity index is 911. The maximum absolute atomic E-state index is 12.8. The van der Waals surface area contributed by atoms with Crippen molar-refractivity contribution in [3.63, 3.8) is 0 Å². The number of rotatable bonds is 5. The van der Waals surface area contributed by atoms with Gasteiger partial charge in [0.2, 0.25) is 0 Å². The SMILES string of the molecule is CC[C@@H](C)n1ncc2c(C(=O)N[C@@H](C)c3nncn3C)cc(C)nc21. The van der Waals surface area contributed by atoms with Gasteiger partial charge in [-0.25, -0.2) is 9.67 Å². The molecule has 8 nitrogen and oxygen atoms in total. The van der Waals surface area contributed by atoms with Gasteiger partial charge < -0.3 is 9.88 Å². The lowest BCUT2D eigenvalue weighted by molar-refractivity contribution is 0.0939. The summed E-state index contributed by atoms with van der Waals surface area (Å²) in [7, 11) is 1.85. The van der Waals surface area contributed by atoms with Crippen molar-refractivity contribution in [2.75, 3.05) is 0 Å². The molecule has 1 N–H and O–H groups in total. The minimum absolute atomic E-state index is 0.172. The van der Waals surface area contributed by atoms with Crippen LogP contribution >= 0.6 is 0 Å². The van der Waals surface area contributed by atoms with Crippen LogP contribution in [0.25, 0.3) is 11.0 Å². The largest absolute Gasteiger partial charge is 0.342 e. The molecule has 2 atom stereocenters. The average molecular weight is 341 g/mol. The van der Waals surface area contributed by atoms with Gasteiger partial charge in [-0.1, -0.05) is 6.92 Å². The minimum Gasteiger partial charge on any atom is -0.342 e. The summed E-state index contributed by atoms with van der Waals surface area (Å²) >= 11 is 0. The molecule has 0 aliphatic rings. The molecule has 132 valence electrons. The Hall–Kier alpha value is -2.77. The van der Waals surface area contributed by atoms with Crippen molar-refractivity contribution in [1.29, 1.82) is 0 Å². The van der Waals surface area contributed by atoms with Crippen LogP contribution in [-0.2, 0) is 7.05 Å². The van der Waals surface area contributed by atoms with Crippen molar-refractivity contribution in [2.24, 2.45) is 7.05 Å². The fourth-order valence-corrected chi connectivity index (χ4v) is 2.85. The number of pyridine rings is 1. The van der Waals surface area contributed by atoms with Crippen LogP contribution in [0, 0.1) is 6.92 Å². The number of nitrogens with one attached hydrogen (secondary N) is 1. The van der Waals surface area contributed by atoms with E-state index in [-0.39, 0.29) is 18.0 Å². The summed E-state index contributed by atoms with van der Waals surface area (Å²) in [4.78, 5) is 17.4. The van der Waals surface area contributed by atoms with Gasteiger partial charge in [0.25, 0.3) is 5.91 Å². The van der Waals surface area contributed by atoms with E-state index in [1.807, 2.05) is 25.6 Å². The lowest BCUT2D eigenvalue weighted by Crippen LogP contribution is -2.28. The minimum atomic E-state index is -0.256. The quantitative estimate of drug-likeness (QED) is 0.769. The second-order valence-electron chi connectivity index (χ2n) is 6.39. The number of nitrogens with zero attached hydrogens (tertiary/aromatic N) is 6. The van der Waals surface area contributed by atoms with Crippen molar-refractivity contribution < 1.29 is 4.79 Å². The van der Waals surface area contributed by atoms with E-state index in [0.717, 1.165) is 23.1 Å². The highest BCUT2D eigenvalue weighted by atomic mass is 16.1. The third-order valence-corrected chi connectivity index (χ3v) is 4.43. The van der Waals surface area contributed by atoms with Crippen LogP contribution in [0.5, 0.6) is 0 Å². The molecule has 1 amide bonds. The number of carbonyl (C=O) groups excluding carboxylic acids is 1. The molecule has 25 heavy (non-hydrogen) atoms. The molecule has 0 saturated carbocycles. The molecule has 3 aromatic rings. The van der Waals surface area contributed by atoms with Gasteiger partial charge in [-0.2, -0.15) is 5.10 Å². The second kappa shape index (κ2) is 6.62. The highest BCUT2D eigenvalue weighted by molar-refractivity contribution is 6.05. The zero-order valence-electron chi connectivity index (χ0n) is 15.2. The number of fused-ring (bicyclic) bond motifs is 1. The molecule has 0 saturated heterocycles. The van der Waals surface area contributed by atoms with E-state index in [2.05, 4.69) is 39.4 Å². The first-order valence-electron chi connectivity index (χ1n) is 8.42. The van der Waals surface area contributed by atoms with E-state index >= 15 is 0 Å². The van der Waals surface area contributed by atoms with Crippen molar-refractivity contribution in [2.45, 2.75) is 46.2 Å². The van der Waals surface area contributed by atoms with E-state index in [1.54, 1.807) is 23.2 Å². The van der Waals surface area contributed by atoms with Crippen molar-refractivity contribution in [3.8, 4) is 0 Å². The van der Waals surface area contributed by atoms with Crippen LogP contribution in [0.3, 0.4) is 0 Å². The first-order chi connectivity index (χ1) is 11.9. The van der Waals surface area contributed by atoms with E-state index in [9.17, 15) is 4.79 Å². The lowest BCUT2D eigenvalue weighted by Gasteiger charge is -2.14. The van der Waals surface area contributed by atoms with Crippen LogP contribution < -0.4 is 5.32 Å². The van der Waals surface area contributed by atoms with Crippen LogP contribution in [-0.4, -0.2) is 35.4 Å². The van der Waals surface area contributed by atoms with E-state index in [1.165, 1.54) is 0 Å². The monoisotopic (exact) mass is 341 g/mol. The van der Waals surface area contributed by atoms with E-state index < -0.39 is 0 Å². The standard InChI is InChI=1S/C17H23N7O/c1-6-11(3)24-16-14(8-19-24)13(7-10(2)20-16)17(25)21-12(4)15-22-18-9-23(15)5/h7-9,11-12H,6H2,1-5H3,(H,21,25)/t11-,12+/m1/s1. The number of aromatic nitrogens is 6. The molecule has 8 heteroatoms. The summed E-state index contributed by atoms with van der Waals surface area (Å²) in [6.07, 6.45) is 4.27. The third kappa shape index (κ3) is 3.11. The predicted molar refractivity (Wildman–Crippen MR) is 94.2 cm³/mol. The highest BCUT2D eigenvalue weighted by Gasteiger charge is 2.20. The highest BCUT2D eigenvalue weighted by Crippen LogP contribution is 2.23. The topological polar surface area (TPSA) is 90.5 Å². The summed E-state index contributed by atoms with van der Waals surface area (Å²) in [6.45, 7) is 7.96. The first-order valence-corrected chi connectivity index (χ1v) is 8.42. The van der Waals surface area contributed by atoms with Crippen LogP contribution in [0.2, 0.25) is 0 Å². The Labute approximate surface area is 146 Å². The number of carbonyl (C=O) groups is 1. The number of amides is 1. The van der Waals surface area contributed by atoms with Crippen LogP contribution in [0.1, 0.15) is 61.2 Å². The Morgan fingerprint density at radius 2 is 2.12 bits per heavy atom. The molecular formula is C17H23N7O. The summed E-state index contributed by atoms with van der Waals surface area (Å²) in [5.41, 5.74) is 2.10. The zero-order valence-corrected chi connectivity index (χ0v) is 15.2. The Morgan fingerprint density at radius 1 is 1.36 bits per heavy atom. The molecular weight excluding hydrogens is 318 g/mol. The van der Waals surface area contributed by atoms with E-state index in [0.29, 0.717) is 11.4 Å². The van der Waals surface area contributed by atoms with Gasteiger partial charge in [-0.3, -0.25) is 4.79 Å². The molecule has 0 spiro atoms. The summed E-state index contributed by atoms with van der Waals surface area (Å²) in [6, 6.07) is 1.76. The van der Waals surface area contributed by atoms with Crippen molar-refractivity contribution in [1.82, 2.24) is 34.8 Å². The lowest BCUT2D eigenvalue weighted by atomic mass is 10.1. The molecule has 0 unspecified atom stereocenters. The molecule has 3 rings (SSSR count). The van der Waals surface area contributed by atoms with Gasteiger partial charge in [0.1, 0.15) is 6.33 Å². The van der Waals surface area contributed by atoms with Crippen molar-refractivity contribution in [3.05, 3.63) is 35.7 Å². The molecule has 3 aromatic heterocycles. The zero-order chi connectivity index (χ0) is 18.1. The van der Waals surface area contributed by atoms with Gasteiger partial charge in [0, 0.05) is 12.7 Å². The summed E-state index contributed by atoms with van der Waals surface area (Å²) in [5.74, 6) is 0.528. The van der Waals surface area contributed by atoms with Gasteiger partial charge in [-0.05, 0) is 33.3 Å².